The van der Waals surface area contributed by atoms with E-state index in [1.165, 1.54) is 17.2 Å². The Hall–Kier alpha value is -2.01. The van der Waals surface area contributed by atoms with Gasteiger partial charge in [0.15, 0.2) is 9.84 Å². The van der Waals surface area contributed by atoms with Gasteiger partial charge in [-0.2, -0.15) is 0 Å². The van der Waals surface area contributed by atoms with Crippen LogP contribution in [0.15, 0.2) is 47.4 Å². The van der Waals surface area contributed by atoms with Crippen LogP contribution in [0.25, 0.3) is 0 Å². The van der Waals surface area contributed by atoms with Crippen LogP contribution in [0.1, 0.15) is 18.1 Å². The first-order chi connectivity index (χ1) is 9.93. The van der Waals surface area contributed by atoms with Crippen LogP contribution < -0.4 is 11.1 Å². The van der Waals surface area contributed by atoms with Gasteiger partial charge < -0.3 is 11.1 Å². The highest BCUT2D eigenvalue weighted by atomic mass is 32.2. The Kier molecular flexibility index (Phi) is 4.53. The molecule has 0 bridgehead atoms. The SMILES string of the molecule is CCc1ccccc1CNc1cccc(S(C)(=O)=O)c1N. The first-order valence-electron chi connectivity index (χ1n) is 6.82. The summed E-state index contributed by atoms with van der Waals surface area (Å²) in [4.78, 5) is 0.163. The van der Waals surface area contributed by atoms with E-state index in [1.54, 1.807) is 12.1 Å². The molecule has 0 unspecified atom stereocenters. The zero-order valence-electron chi connectivity index (χ0n) is 12.3. The lowest BCUT2D eigenvalue weighted by Crippen LogP contribution is -2.08. The van der Waals surface area contributed by atoms with E-state index in [2.05, 4.69) is 24.4 Å². The summed E-state index contributed by atoms with van der Waals surface area (Å²) >= 11 is 0. The molecule has 2 aromatic carbocycles. The maximum absolute atomic E-state index is 11.7. The highest BCUT2D eigenvalue weighted by molar-refractivity contribution is 7.90. The summed E-state index contributed by atoms with van der Waals surface area (Å²) in [6.07, 6.45) is 2.12. The molecule has 21 heavy (non-hydrogen) atoms. The summed E-state index contributed by atoms with van der Waals surface area (Å²) < 4.78 is 23.3. The van der Waals surface area contributed by atoms with E-state index in [4.69, 9.17) is 5.73 Å². The van der Waals surface area contributed by atoms with E-state index in [9.17, 15) is 8.42 Å². The Bertz CT molecular complexity index is 740. The Labute approximate surface area is 125 Å². The van der Waals surface area contributed by atoms with E-state index >= 15 is 0 Å². The van der Waals surface area contributed by atoms with Gasteiger partial charge in [-0.05, 0) is 29.7 Å². The molecule has 0 radical (unpaired) electrons. The number of rotatable bonds is 5. The van der Waals surface area contributed by atoms with Crippen molar-refractivity contribution < 1.29 is 8.42 Å². The molecule has 0 aliphatic carbocycles. The second kappa shape index (κ2) is 6.18. The van der Waals surface area contributed by atoms with Crippen LogP contribution in [-0.4, -0.2) is 14.7 Å². The molecular formula is C16H20N2O2S. The van der Waals surface area contributed by atoms with Crippen LogP contribution in [0, 0.1) is 0 Å². The van der Waals surface area contributed by atoms with E-state index in [0.29, 0.717) is 12.2 Å². The molecule has 0 atom stereocenters. The molecule has 0 saturated carbocycles. The molecular weight excluding hydrogens is 284 g/mol. The molecule has 0 fully saturated rings. The van der Waals surface area contributed by atoms with Crippen molar-refractivity contribution in [2.45, 2.75) is 24.8 Å². The molecule has 0 aliphatic rings. The minimum absolute atomic E-state index is 0.163. The van der Waals surface area contributed by atoms with Crippen molar-refractivity contribution in [2.24, 2.45) is 0 Å². The number of anilines is 2. The van der Waals surface area contributed by atoms with Gasteiger partial charge in [-0.15, -0.1) is 0 Å². The molecule has 0 saturated heterocycles. The summed E-state index contributed by atoms with van der Waals surface area (Å²) in [7, 11) is -3.32. The third kappa shape index (κ3) is 3.55. The molecule has 0 aliphatic heterocycles. The number of nitrogens with two attached hydrogens (primary N) is 1. The smallest absolute Gasteiger partial charge is 0.177 e. The van der Waals surface area contributed by atoms with Gasteiger partial charge in [-0.3, -0.25) is 0 Å². The Morgan fingerprint density at radius 1 is 1.05 bits per heavy atom. The summed E-state index contributed by atoms with van der Waals surface area (Å²) in [5, 5.41) is 3.23. The van der Waals surface area contributed by atoms with E-state index in [1.807, 2.05) is 12.1 Å². The van der Waals surface area contributed by atoms with Crippen LogP contribution in [0.2, 0.25) is 0 Å². The normalized spacial score (nSPS) is 11.3. The van der Waals surface area contributed by atoms with Gasteiger partial charge in [0.2, 0.25) is 0 Å². The maximum atomic E-state index is 11.7. The predicted octanol–water partition coefficient (Wildman–Crippen LogP) is 2.85. The Morgan fingerprint density at radius 3 is 2.33 bits per heavy atom. The average Bonchev–Trinajstić information content (AvgIpc) is 2.45. The molecule has 4 nitrogen and oxygen atoms in total. The maximum Gasteiger partial charge on any atom is 0.177 e. The van der Waals surface area contributed by atoms with Crippen LogP contribution in [-0.2, 0) is 22.8 Å². The quantitative estimate of drug-likeness (QED) is 0.833. The lowest BCUT2D eigenvalue weighted by atomic mass is 10.1. The Balaban J connectivity index is 2.25. The van der Waals surface area contributed by atoms with Crippen molar-refractivity contribution in [1.29, 1.82) is 0 Å². The number of benzene rings is 2. The van der Waals surface area contributed by atoms with Gasteiger partial charge in [0, 0.05) is 12.8 Å². The fourth-order valence-electron chi connectivity index (χ4n) is 2.29. The van der Waals surface area contributed by atoms with Gasteiger partial charge >= 0.3 is 0 Å². The van der Waals surface area contributed by atoms with E-state index in [-0.39, 0.29) is 10.6 Å². The summed E-state index contributed by atoms with van der Waals surface area (Å²) in [6.45, 7) is 2.72. The Morgan fingerprint density at radius 2 is 1.71 bits per heavy atom. The highest BCUT2D eigenvalue weighted by Crippen LogP contribution is 2.27. The molecule has 0 aromatic heterocycles. The second-order valence-corrected chi connectivity index (χ2v) is 6.95. The zero-order valence-corrected chi connectivity index (χ0v) is 13.1. The minimum Gasteiger partial charge on any atom is -0.396 e. The van der Waals surface area contributed by atoms with E-state index in [0.717, 1.165) is 12.7 Å². The highest BCUT2D eigenvalue weighted by Gasteiger charge is 2.14. The monoisotopic (exact) mass is 304 g/mol. The molecule has 2 aromatic rings. The molecule has 2 rings (SSSR count). The molecule has 0 amide bonds. The second-order valence-electron chi connectivity index (χ2n) is 4.97. The number of hydrogen-bond donors (Lipinski definition) is 2. The summed E-state index contributed by atoms with van der Waals surface area (Å²) in [6, 6.07) is 13.2. The van der Waals surface area contributed by atoms with Crippen molar-refractivity contribution in [3.63, 3.8) is 0 Å². The molecule has 112 valence electrons. The number of hydrogen-bond acceptors (Lipinski definition) is 4. The standard InChI is InChI=1S/C16H20N2O2S/c1-3-12-7-4-5-8-13(12)11-18-14-9-6-10-15(16(14)17)21(2,19)20/h4-10,18H,3,11,17H2,1-2H3. The van der Waals surface area contributed by atoms with Crippen LogP contribution in [0.4, 0.5) is 11.4 Å². The molecule has 0 heterocycles. The topological polar surface area (TPSA) is 72.2 Å². The van der Waals surface area contributed by atoms with Gasteiger partial charge in [0.1, 0.15) is 0 Å². The van der Waals surface area contributed by atoms with Crippen molar-refractivity contribution in [2.75, 3.05) is 17.3 Å². The van der Waals surface area contributed by atoms with Gasteiger partial charge in [-0.1, -0.05) is 37.3 Å². The van der Waals surface area contributed by atoms with Crippen molar-refractivity contribution >= 4 is 21.2 Å². The van der Waals surface area contributed by atoms with Crippen LogP contribution in [0.3, 0.4) is 0 Å². The van der Waals surface area contributed by atoms with Gasteiger partial charge in [0.25, 0.3) is 0 Å². The zero-order chi connectivity index (χ0) is 15.5. The van der Waals surface area contributed by atoms with Crippen molar-refractivity contribution in [3.8, 4) is 0 Å². The molecule has 3 N–H and O–H groups in total. The number of nitrogens with one attached hydrogen (secondary N) is 1. The van der Waals surface area contributed by atoms with Gasteiger partial charge in [-0.25, -0.2) is 8.42 Å². The lowest BCUT2D eigenvalue weighted by Gasteiger charge is -2.14. The first kappa shape index (κ1) is 15.4. The first-order valence-corrected chi connectivity index (χ1v) is 8.71. The average molecular weight is 304 g/mol. The van der Waals surface area contributed by atoms with E-state index < -0.39 is 9.84 Å². The summed E-state index contributed by atoms with van der Waals surface area (Å²) in [5.41, 5.74) is 9.33. The largest absolute Gasteiger partial charge is 0.396 e. The fraction of sp³-hybridized carbons (Fsp3) is 0.250. The summed E-state index contributed by atoms with van der Waals surface area (Å²) in [5.74, 6) is 0. The number of sulfone groups is 1. The van der Waals surface area contributed by atoms with Crippen molar-refractivity contribution in [3.05, 3.63) is 53.6 Å². The van der Waals surface area contributed by atoms with Crippen LogP contribution >= 0.6 is 0 Å². The third-order valence-corrected chi connectivity index (χ3v) is 4.59. The van der Waals surface area contributed by atoms with Gasteiger partial charge in [0.05, 0.1) is 16.3 Å². The fourth-order valence-corrected chi connectivity index (χ4v) is 3.12. The minimum atomic E-state index is -3.32. The van der Waals surface area contributed by atoms with Crippen molar-refractivity contribution in [1.82, 2.24) is 0 Å². The third-order valence-electron chi connectivity index (χ3n) is 3.43. The van der Waals surface area contributed by atoms with Crippen LogP contribution in [0.5, 0.6) is 0 Å². The number of para-hydroxylation sites is 1. The predicted molar refractivity (Wildman–Crippen MR) is 87.1 cm³/mol. The molecule has 5 heteroatoms. The lowest BCUT2D eigenvalue weighted by molar-refractivity contribution is 0.602. The molecule has 0 spiro atoms. The number of aryl methyl sites for hydroxylation is 1. The number of nitrogen functional groups attached to an aromatic ring is 1.